The molecule has 0 unspecified atom stereocenters. The Morgan fingerprint density at radius 2 is 1.79 bits per heavy atom. The van der Waals surface area contributed by atoms with Gasteiger partial charge in [-0.1, -0.05) is 12.8 Å². The van der Waals surface area contributed by atoms with Gasteiger partial charge in [0.2, 0.25) is 5.91 Å². The molecule has 0 saturated heterocycles. The first-order valence-corrected chi connectivity index (χ1v) is 5.86. The summed E-state index contributed by atoms with van der Waals surface area (Å²) in [5.74, 6) is -6.40. The Kier molecular flexibility index (Phi) is 4.75. The van der Waals surface area contributed by atoms with Crippen LogP contribution in [0, 0.1) is 5.41 Å². The first-order valence-electron chi connectivity index (χ1n) is 5.86. The van der Waals surface area contributed by atoms with Crippen molar-refractivity contribution in [3.05, 3.63) is 0 Å². The fourth-order valence-corrected chi connectivity index (χ4v) is 2.18. The summed E-state index contributed by atoms with van der Waals surface area (Å²) in [5.41, 5.74) is -1.25. The lowest BCUT2D eigenvalue weighted by Crippen LogP contribution is -2.43. The van der Waals surface area contributed by atoms with Crippen molar-refractivity contribution in [2.24, 2.45) is 5.41 Å². The normalized spacial score (nSPS) is 18.6. The van der Waals surface area contributed by atoms with Crippen molar-refractivity contribution in [1.29, 1.82) is 0 Å². The van der Waals surface area contributed by atoms with Gasteiger partial charge >= 0.3 is 18.3 Å². The summed E-state index contributed by atoms with van der Waals surface area (Å²) in [6.45, 7) is -1.49. The van der Waals surface area contributed by atoms with E-state index in [9.17, 15) is 27.2 Å². The highest BCUT2D eigenvalue weighted by Crippen LogP contribution is 2.41. The van der Waals surface area contributed by atoms with Crippen LogP contribution in [0.5, 0.6) is 0 Å². The maximum absolute atomic E-state index is 12.6. The largest absolute Gasteiger partial charge is 0.481 e. The molecule has 0 bridgehead atoms. The van der Waals surface area contributed by atoms with Crippen molar-refractivity contribution in [1.82, 2.24) is 5.32 Å². The van der Waals surface area contributed by atoms with E-state index in [2.05, 4.69) is 0 Å². The van der Waals surface area contributed by atoms with Gasteiger partial charge in [-0.05, 0) is 12.8 Å². The quantitative estimate of drug-likeness (QED) is 0.734. The average Bonchev–Trinajstić information content (AvgIpc) is 2.76. The van der Waals surface area contributed by atoms with E-state index in [1.807, 2.05) is 0 Å². The minimum atomic E-state index is -4.30. The Morgan fingerprint density at radius 1 is 1.26 bits per heavy atom. The van der Waals surface area contributed by atoms with E-state index < -0.39 is 42.6 Å². The van der Waals surface area contributed by atoms with Gasteiger partial charge in [-0.3, -0.25) is 9.59 Å². The van der Waals surface area contributed by atoms with Gasteiger partial charge in [-0.2, -0.15) is 8.78 Å². The standard InChI is InChI=1S/C11H15F4NO3/c12-8(13)11(14,15)6-16-7(17)5-10(9(18)19)3-1-2-4-10/h8H,1-6H2,(H,16,17)(H,18,19). The summed E-state index contributed by atoms with van der Waals surface area (Å²) >= 11 is 0. The van der Waals surface area contributed by atoms with Gasteiger partial charge in [-0.15, -0.1) is 0 Å². The molecule has 0 aliphatic heterocycles. The molecule has 4 nitrogen and oxygen atoms in total. The Labute approximate surface area is 107 Å². The molecule has 1 fully saturated rings. The zero-order valence-corrected chi connectivity index (χ0v) is 10.1. The highest BCUT2D eigenvalue weighted by Gasteiger charge is 2.44. The maximum atomic E-state index is 12.6. The smallest absolute Gasteiger partial charge is 0.324 e. The summed E-state index contributed by atoms with van der Waals surface area (Å²) in [7, 11) is 0. The summed E-state index contributed by atoms with van der Waals surface area (Å²) < 4.78 is 48.9. The number of carboxylic acid groups (broad SMARTS) is 1. The molecule has 1 aliphatic rings. The molecular weight excluding hydrogens is 270 g/mol. The molecule has 19 heavy (non-hydrogen) atoms. The topological polar surface area (TPSA) is 66.4 Å². The molecular formula is C11H15F4NO3. The lowest BCUT2D eigenvalue weighted by molar-refractivity contribution is -0.152. The lowest BCUT2D eigenvalue weighted by atomic mass is 9.82. The molecule has 0 spiro atoms. The van der Waals surface area contributed by atoms with Crippen LogP contribution in [0.2, 0.25) is 0 Å². The van der Waals surface area contributed by atoms with E-state index >= 15 is 0 Å². The summed E-state index contributed by atoms with van der Waals surface area (Å²) in [6, 6.07) is 0. The second-order valence-electron chi connectivity index (χ2n) is 4.81. The van der Waals surface area contributed by atoms with Gasteiger partial charge in [0.15, 0.2) is 0 Å². The van der Waals surface area contributed by atoms with Crippen molar-refractivity contribution < 1.29 is 32.3 Å². The first-order chi connectivity index (χ1) is 8.69. The Morgan fingerprint density at radius 3 is 2.21 bits per heavy atom. The molecule has 2 N–H and O–H groups in total. The number of amides is 1. The zero-order chi connectivity index (χ0) is 14.7. The molecule has 1 aliphatic carbocycles. The summed E-state index contributed by atoms with van der Waals surface area (Å²) in [4.78, 5) is 22.5. The Hall–Kier alpha value is -1.34. The second kappa shape index (κ2) is 5.75. The monoisotopic (exact) mass is 285 g/mol. The van der Waals surface area contributed by atoms with Crippen molar-refractivity contribution in [3.8, 4) is 0 Å². The predicted molar refractivity (Wildman–Crippen MR) is 57.1 cm³/mol. The van der Waals surface area contributed by atoms with Gasteiger partial charge in [0.1, 0.15) is 0 Å². The molecule has 0 radical (unpaired) electrons. The lowest BCUT2D eigenvalue weighted by Gasteiger charge is -2.23. The zero-order valence-electron chi connectivity index (χ0n) is 10.1. The molecule has 0 aromatic rings. The number of aliphatic carboxylic acids is 1. The van der Waals surface area contributed by atoms with Crippen LogP contribution in [-0.4, -0.2) is 35.9 Å². The highest BCUT2D eigenvalue weighted by atomic mass is 19.3. The highest BCUT2D eigenvalue weighted by molar-refractivity contribution is 5.85. The molecule has 1 rings (SSSR count). The minimum Gasteiger partial charge on any atom is -0.481 e. The van der Waals surface area contributed by atoms with Crippen LogP contribution in [0.3, 0.4) is 0 Å². The van der Waals surface area contributed by atoms with Crippen LogP contribution < -0.4 is 5.32 Å². The van der Waals surface area contributed by atoms with Crippen LogP contribution >= 0.6 is 0 Å². The van der Waals surface area contributed by atoms with E-state index in [1.165, 1.54) is 0 Å². The number of alkyl halides is 4. The predicted octanol–water partition coefficient (Wildman–Crippen LogP) is 2.04. The molecule has 0 atom stereocenters. The third-order valence-electron chi connectivity index (χ3n) is 3.35. The third kappa shape index (κ3) is 3.81. The number of carboxylic acids is 1. The van der Waals surface area contributed by atoms with Crippen LogP contribution in [0.4, 0.5) is 17.6 Å². The SMILES string of the molecule is O=C(CC1(C(=O)O)CCCC1)NCC(F)(F)C(F)F. The summed E-state index contributed by atoms with van der Waals surface area (Å²) in [6.07, 6.45) is -2.45. The Balaban J connectivity index is 2.53. The molecule has 1 saturated carbocycles. The van der Waals surface area contributed by atoms with E-state index in [4.69, 9.17) is 5.11 Å². The van der Waals surface area contributed by atoms with Crippen molar-refractivity contribution in [2.75, 3.05) is 6.54 Å². The first kappa shape index (κ1) is 15.7. The molecule has 0 aromatic heterocycles. The molecule has 110 valence electrons. The van der Waals surface area contributed by atoms with Crippen molar-refractivity contribution >= 4 is 11.9 Å². The molecule has 0 aromatic carbocycles. The van der Waals surface area contributed by atoms with Crippen molar-refractivity contribution in [3.63, 3.8) is 0 Å². The number of hydrogen-bond donors (Lipinski definition) is 2. The Bertz CT molecular complexity index is 354. The summed E-state index contributed by atoms with van der Waals surface area (Å²) in [5, 5.41) is 10.8. The van der Waals surface area contributed by atoms with Crippen LogP contribution in [0.25, 0.3) is 0 Å². The van der Waals surface area contributed by atoms with Crippen LogP contribution in [0.15, 0.2) is 0 Å². The van der Waals surface area contributed by atoms with E-state index in [0.717, 1.165) is 0 Å². The van der Waals surface area contributed by atoms with E-state index in [-0.39, 0.29) is 0 Å². The van der Waals surface area contributed by atoms with Gasteiger partial charge in [0, 0.05) is 6.42 Å². The van der Waals surface area contributed by atoms with Gasteiger partial charge in [0.25, 0.3) is 0 Å². The molecule has 8 heteroatoms. The van der Waals surface area contributed by atoms with Crippen LogP contribution in [-0.2, 0) is 9.59 Å². The number of carbonyl (C=O) groups excluding carboxylic acids is 1. The van der Waals surface area contributed by atoms with Gasteiger partial charge in [-0.25, -0.2) is 8.78 Å². The third-order valence-corrected chi connectivity index (χ3v) is 3.35. The van der Waals surface area contributed by atoms with Crippen molar-refractivity contribution in [2.45, 2.75) is 44.5 Å². The fourth-order valence-electron chi connectivity index (χ4n) is 2.18. The number of carbonyl (C=O) groups is 2. The number of hydrogen-bond acceptors (Lipinski definition) is 2. The van der Waals surface area contributed by atoms with E-state index in [1.54, 1.807) is 5.32 Å². The molecule has 0 heterocycles. The maximum Gasteiger partial charge on any atom is 0.324 e. The van der Waals surface area contributed by atoms with E-state index in [0.29, 0.717) is 25.7 Å². The van der Waals surface area contributed by atoms with Crippen LogP contribution in [0.1, 0.15) is 32.1 Å². The number of rotatable bonds is 6. The second-order valence-corrected chi connectivity index (χ2v) is 4.81. The minimum absolute atomic E-state index is 0.293. The number of halogens is 4. The number of nitrogens with one attached hydrogen (secondary N) is 1. The average molecular weight is 285 g/mol. The molecule has 1 amide bonds. The fraction of sp³-hybridized carbons (Fsp3) is 0.818. The van der Waals surface area contributed by atoms with Gasteiger partial charge in [0.05, 0.1) is 12.0 Å². The van der Waals surface area contributed by atoms with Gasteiger partial charge < -0.3 is 10.4 Å².